The number of rotatable bonds is 1. The summed E-state index contributed by atoms with van der Waals surface area (Å²) in [7, 11) is 0. The second-order valence-electron chi connectivity index (χ2n) is 2.91. The first-order chi connectivity index (χ1) is 6.45. The fourth-order valence-corrected chi connectivity index (χ4v) is 2.03. The van der Waals surface area contributed by atoms with Gasteiger partial charge in [-0.25, -0.2) is 4.98 Å². The highest BCUT2D eigenvalue weighted by molar-refractivity contribution is 7.07. The number of fused-ring (bicyclic) bond motifs is 1. The van der Waals surface area contributed by atoms with E-state index in [0.29, 0.717) is 0 Å². The second-order valence-corrected chi connectivity index (χ2v) is 3.63. The summed E-state index contributed by atoms with van der Waals surface area (Å²) in [6.45, 7) is 1.65. The minimum atomic E-state index is 0.809. The lowest BCUT2D eigenvalue weighted by atomic mass is 10.2. The summed E-state index contributed by atoms with van der Waals surface area (Å²) in [5.74, 6) is 0.821. The minimum Gasteiger partial charge on any atom is -0.354 e. The molecule has 1 aliphatic heterocycles. The molecule has 0 atom stereocenters. The van der Waals surface area contributed by atoms with Crippen LogP contribution in [0.15, 0.2) is 15.4 Å². The summed E-state index contributed by atoms with van der Waals surface area (Å²) in [6.07, 6.45) is 0. The van der Waals surface area contributed by atoms with Crippen LogP contribution >= 0.6 is 11.3 Å². The van der Waals surface area contributed by atoms with Gasteiger partial charge in [-0.2, -0.15) is 0 Å². The van der Waals surface area contributed by atoms with Crippen molar-refractivity contribution in [1.29, 1.82) is 0 Å². The lowest BCUT2D eigenvalue weighted by molar-refractivity contribution is 0.416. The molecule has 5 heteroatoms. The number of nitrogens with zero attached hydrogens (tertiary/aromatic N) is 2. The fourth-order valence-electron chi connectivity index (χ4n) is 1.50. The fraction of sp³-hybridized carbons (Fsp3) is 0.250. The Balaban J connectivity index is 2.16. The number of thiazole rings is 1. The molecule has 0 spiro atoms. The summed E-state index contributed by atoms with van der Waals surface area (Å²) in [5.41, 5.74) is 4.86. The standard InChI is InChI=1S/C8H7N3OS/c1-5-6(2-9-1)11-12-8(5)7-3-13-4-10-7/h3-4,9H,1-2H2. The van der Waals surface area contributed by atoms with Gasteiger partial charge in [0, 0.05) is 24.0 Å². The molecule has 0 unspecified atom stereocenters. The normalized spacial score (nSPS) is 14.8. The molecule has 0 amide bonds. The molecule has 13 heavy (non-hydrogen) atoms. The molecule has 0 bridgehead atoms. The molecule has 0 saturated carbocycles. The summed E-state index contributed by atoms with van der Waals surface area (Å²) in [5, 5.41) is 9.17. The molecule has 3 rings (SSSR count). The molecule has 1 N–H and O–H groups in total. The van der Waals surface area contributed by atoms with Crippen LogP contribution in [0.5, 0.6) is 0 Å². The van der Waals surface area contributed by atoms with E-state index in [9.17, 15) is 0 Å². The van der Waals surface area contributed by atoms with Gasteiger partial charge in [-0.15, -0.1) is 11.3 Å². The Morgan fingerprint density at radius 1 is 1.46 bits per heavy atom. The minimum absolute atomic E-state index is 0.809. The molecule has 1 aliphatic rings. The third kappa shape index (κ3) is 1.01. The van der Waals surface area contributed by atoms with Crippen LogP contribution in [0.2, 0.25) is 0 Å². The number of hydrogen-bond donors (Lipinski definition) is 1. The van der Waals surface area contributed by atoms with Crippen molar-refractivity contribution < 1.29 is 4.52 Å². The summed E-state index contributed by atoms with van der Waals surface area (Å²) in [6, 6.07) is 0. The zero-order valence-electron chi connectivity index (χ0n) is 6.78. The van der Waals surface area contributed by atoms with Crippen LogP contribution in [0.4, 0.5) is 0 Å². The van der Waals surface area contributed by atoms with E-state index < -0.39 is 0 Å². The van der Waals surface area contributed by atoms with Gasteiger partial charge in [0.15, 0.2) is 5.76 Å². The van der Waals surface area contributed by atoms with Gasteiger partial charge in [0.1, 0.15) is 11.4 Å². The van der Waals surface area contributed by atoms with Gasteiger partial charge in [0.05, 0.1) is 5.51 Å². The Morgan fingerprint density at radius 2 is 2.46 bits per heavy atom. The van der Waals surface area contributed by atoms with Gasteiger partial charge in [0.25, 0.3) is 0 Å². The van der Waals surface area contributed by atoms with Gasteiger partial charge in [-0.1, -0.05) is 5.16 Å². The maximum absolute atomic E-state index is 5.24. The van der Waals surface area contributed by atoms with E-state index in [0.717, 1.165) is 35.8 Å². The van der Waals surface area contributed by atoms with Crippen molar-refractivity contribution in [2.45, 2.75) is 13.1 Å². The lowest BCUT2D eigenvalue weighted by Crippen LogP contribution is -2.01. The van der Waals surface area contributed by atoms with Crippen LogP contribution in [0.1, 0.15) is 11.3 Å². The van der Waals surface area contributed by atoms with E-state index in [1.807, 2.05) is 5.38 Å². The number of nitrogens with one attached hydrogen (secondary N) is 1. The second kappa shape index (κ2) is 2.65. The van der Waals surface area contributed by atoms with Crippen molar-refractivity contribution in [1.82, 2.24) is 15.5 Å². The maximum Gasteiger partial charge on any atom is 0.190 e. The Kier molecular flexibility index (Phi) is 1.47. The predicted octanol–water partition coefficient (Wildman–Crippen LogP) is 1.40. The zero-order chi connectivity index (χ0) is 8.67. The molecule has 0 aromatic carbocycles. The average Bonchev–Trinajstić information content (AvgIpc) is 2.79. The van der Waals surface area contributed by atoms with Crippen molar-refractivity contribution in [2.75, 3.05) is 0 Å². The van der Waals surface area contributed by atoms with E-state index >= 15 is 0 Å². The largest absolute Gasteiger partial charge is 0.354 e. The van der Waals surface area contributed by atoms with E-state index in [2.05, 4.69) is 15.5 Å². The van der Waals surface area contributed by atoms with E-state index in [-0.39, 0.29) is 0 Å². The van der Waals surface area contributed by atoms with Gasteiger partial charge in [0.2, 0.25) is 0 Å². The lowest BCUT2D eigenvalue weighted by Gasteiger charge is -1.91. The van der Waals surface area contributed by atoms with Crippen LogP contribution in [0.3, 0.4) is 0 Å². The van der Waals surface area contributed by atoms with Crippen molar-refractivity contribution in [2.24, 2.45) is 0 Å². The number of hydrogen-bond acceptors (Lipinski definition) is 5. The van der Waals surface area contributed by atoms with Gasteiger partial charge in [-0.3, -0.25) is 0 Å². The summed E-state index contributed by atoms with van der Waals surface area (Å²) >= 11 is 1.56. The maximum atomic E-state index is 5.24. The first kappa shape index (κ1) is 7.23. The Labute approximate surface area is 78.6 Å². The van der Waals surface area contributed by atoms with Crippen LogP contribution in [-0.2, 0) is 13.1 Å². The molecular formula is C8H7N3OS. The monoisotopic (exact) mass is 193 g/mol. The molecule has 0 aliphatic carbocycles. The SMILES string of the molecule is c1nc(-c2onc3c2CNC3)cs1. The van der Waals surface area contributed by atoms with E-state index in [4.69, 9.17) is 4.52 Å². The van der Waals surface area contributed by atoms with Gasteiger partial charge >= 0.3 is 0 Å². The first-order valence-corrected chi connectivity index (χ1v) is 4.96. The highest BCUT2D eigenvalue weighted by atomic mass is 32.1. The molecule has 0 radical (unpaired) electrons. The molecule has 66 valence electrons. The Hall–Kier alpha value is -1.20. The molecular weight excluding hydrogens is 186 g/mol. The summed E-state index contributed by atoms with van der Waals surface area (Å²) in [4.78, 5) is 4.19. The first-order valence-electron chi connectivity index (χ1n) is 4.02. The Morgan fingerprint density at radius 3 is 3.31 bits per heavy atom. The predicted molar refractivity (Wildman–Crippen MR) is 48.2 cm³/mol. The highest BCUT2D eigenvalue weighted by Crippen LogP contribution is 2.28. The topological polar surface area (TPSA) is 51.0 Å². The van der Waals surface area contributed by atoms with Crippen molar-refractivity contribution in [3.8, 4) is 11.5 Å². The van der Waals surface area contributed by atoms with E-state index in [1.54, 1.807) is 16.8 Å². The van der Waals surface area contributed by atoms with Gasteiger partial charge < -0.3 is 9.84 Å². The summed E-state index contributed by atoms with van der Waals surface area (Å²) < 4.78 is 5.24. The van der Waals surface area contributed by atoms with Crippen molar-refractivity contribution in [3.63, 3.8) is 0 Å². The van der Waals surface area contributed by atoms with Crippen LogP contribution in [0, 0.1) is 0 Å². The number of aromatic nitrogens is 2. The Bertz CT molecular complexity index is 421. The van der Waals surface area contributed by atoms with Crippen molar-refractivity contribution in [3.05, 3.63) is 22.1 Å². The average molecular weight is 193 g/mol. The smallest absolute Gasteiger partial charge is 0.190 e. The van der Waals surface area contributed by atoms with Gasteiger partial charge in [-0.05, 0) is 0 Å². The quantitative estimate of drug-likeness (QED) is 0.743. The highest BCUT2D eigenvalue weighted by Gasteiger charge is 2.22. The molecule has 0 saturated heterocycles. The molecule has 3 heterocycles. The van der Waals surface area contributed by atoms with Crippen LogP contribution in [-0.4, -0.2) is 10.1 Å². The van der Waals surface area contributed by atoms with E-state index in [1.165, 1.54) is 0 Å². The molecule has 2 aromatic rings. The molecule has 0 fully saturated rings. The van der Waals surface area contributed by atoms with Crippen LogP contribution in [0.25, 0.3) is 11.5 Å². The zero-order valence-corrected chi connectivity index (χ0v) is 7.60. The molecule has 2 aromatic heterocycles. The van der Waals surface area contributed by atoms with Crippen LogP contribution < -0.4 is 5.32 Å². The third-order valence-corrected chi connectivity index (χ3v) is 2.72. The third-order valence-electron chi connectivity index (χ3n) is 2.13. The molecule has 4 nitrogen and oxygen atoms in total. The van der Waals surface area contributed by atoms with Crippen molar-refractivity contribution >= 4 is 11.3 Å².